The van der Waals surface area contributed by atoms with E-state index in [0.29, 0.717) is 11.7 Å². The van der Waals surface area contributed by atoms with Crippen LogP contribution in [0.1, 0.15) is 117 Å². The maximum absolute atomic E-state index is 10.9. The van der Waals surface area contributed by atoms with E-state index in [2.05, 4.69) is 83.8 Å². The first kappa shape index (κ1) is 32.8. The van der Waals surface area contributed by atoms with Crippen LogP contribution in [0, 0.1) is 18.8 Å². The van der Waals surface area contributed by atoms with E-state index in [-0.39, 0.29) is 0 Å². The van der Waals surface area contributed by atoms with E-state index in [4.69, 9.17) is 0 Å². The predicted molar refractivity (Wildman–Crippen MR) is 156 cm³/mol. The Morgan fingerprint density at radius 3 is 1.57 bits per heavy atom. The molecule has 2 heteroatoms. The molecule has 2 aromatic rings. The van der Waals surface area contributed by atoms with Gasteiger partial charge in [0.1, 0.15) is 5.78 Å². The monoisotopic (exact) mass is 479 g/mol. The molecule has 196 valence electrons. The molecule has 0 saturated carbocycles. The number of hydrogen-bond acceptors (Lipinski definition) is 2. The molecule has 0 aliphatic heterocycles. The number of rotatable bonds is 12. The van der Waals surface area contributed by atoms with Crippen LogP contribution in [0.25, 0.3) is 5.57 Å². The maximum atomic E-state index is 10.9. The van der Waals surface area contributed by atoms with Gasteiger partial charge in [0.05, 0.1) is 0 Å². The number of ketones is 1. The molecule has 2 nitrogen and oxygen atoms in total. The highest BCUT2D eigenvalue weighted by Gasteiger charge is 2.13. The van der Waals surface area contributed by atoms with Crippen molar-refractivity contribution in [2.75, 3.05) is 0 Å². The van der Waals surface area contributed by atoms with Crippen molar-refractivity contribution in [3.63, 3.8) is 0 Å². The normalized spacial score (nSPS) is 11.0. The topological polar surface area (TPSA) is 30.0 Å². The molecule has 1 aromatic heterocycles. The number of allylic oxidation sites excluding steroid dienone is 2. The molecular formula is C33H53NO. The van der Waals surface area contributed by atoms with E-state index in [1.54, 1.807) is 6.92 Å². The zero-order chi connectivity index (χ0) is 26.5. The summed E-state index contributed by atoms with van der Waals surface area (Å²) in [6.45, 7) is 17.0. The van der Waals surface area contributed by atoms with Crippen LogP contribution in [-0.2, 0) is 11.2 Å². The summed E-state index contributed by atoms with van der Waals surface area (Å²) in [7, 11) is 0. The number of aryl methyl sites for hydroxylation is 2. The van der Waals surface area contributed by atoms with E-state index in [1.807, 2.05) is 24.5 Å². The molecule has 0 fully saturated rings. The Kier molecular flexibility index (Phi) is 19.8. The third kappa shape index (κ3) is 14.7. The molecule has 1 aromatic carbocycles. The molecule has 0 radical (unpaired) electrons. The van der Waals surface area contributed by atoms with Crippen molar-refractivity contribution < 1.29 is 4.79 Å². The van der Waals surface area contributed by atoms with Gasteiger partial charge in [0.15, 0.2) is 0 Å². The van der Waals surface area contributed by atoms with Crippen LogP contribution < -0.4 is 0 Å². The number of carbonyl (C=O) groups is 1. The number of Topliss-reactive ketones (excluding diaryl/α,β-unsaturated/α-hetero) is 1. The van der Waals surface area contributed by atoms with Crippen molar-refractivity contribution in [3.8, 4) is 0 Å². The molecule has 0 saturated heterocycles. The second-order valence-corrected chi connectivity index (χ2v) is 9.48. The van der Waals surface area contributed by atoms with Crippen LogP contribution >= 0.6 is 0 Å². The second kappa shape index (κ2) is 21.1. The van der Waals surface area contributed by atoms with Crippen molar-refractivity contribution in [2.24, 2.45) is 11.8 Å². The van der Waals surface area contributed by atoms with Crippen molar-refractivity contribution in [3.05, 3.63) is 71.6 Å². The SMILES string of the molecule is C/C=C(/c1ccc(C)cc1)C(CCC)CCC.CCCC(CCC)C(C)=O.CCc1ccncc1. The molecular weight excluding hydrogens is 426 g/mol. The highest BCUT2D eigenvalue weighted by atomic mass is 16.1. The average Bonchev–Trinajstić information content (AvgIpc) is 2.87. The lowest BCUT2D eigenvalue weighted by molar-refractivity contribution is -0.121. The Labute approximate surface area is 217 Å². The highest BCUT2D eigenvalue weighted by Crippen LogP contribution is 2.30. The van der Waals surface area contributed by atoms with E-state index in [1.165, 1.54) is 47.9 Å². The number of carbonyl (C=O) groups excluding carboxylic acids is 1. The average molecular weight is 480 g/mol. The van der Waals surface area contributed by atoms with Gasteiger partial charge in [0, 0.05) is 18.3 Å². The van der Waals surface area contributed by atoms with Crippen LogP contribution in [-0.4, -0.2) is 10.8 Å². The molecule has 0 atom stereocenters. The summed E-state index contributed by atoms with van der Waals surface area (Å²) in [6, 6.07) is 13.0. The number of hydrogen-bond donors (Lipinski definition) is 0. The first-order chi connectivity index (χ1) is 16.9. The van der Waals surface area contributed by atoms with E-state index in [9.17, 15) is 4.79 Å². The Morgan fingerprint density at radius 2 is 1.23 bits per heavy atom. The van der Waals surface area contributed by atoms with Gasteiger partial charge in [-0.25, -0.2) is 0 Å². The zero-order valence-corrected chi connectivity index (χ0v) is 24.1. The Hall–Kier alpha value is -2.22. The molecule has 0 spiro atoms. The van der Waals surface area contributed by atoms with Crippen molar-refractivity contribution in [1.29, 1.82) is 0 Å². The molecule has 0 aliphatic rings. The lowest BCUT2D eigenvalue weighted by atomic mass is 9.85. The Morgan fingerprint density at radius 1 is 0.771 bits per heavy atom. The molecule has 2 rings (SSSR count). The summed E-state index contributed by atoms with van der Waals surface area (Å²) in [4.78, 5) is 14.8. The summed E-state index contributed by atoms with van der Waals surface area (Å²) in [6.07, 6.45) is 16.6. The number of nitrogens with zero attached hydrogens (tertiary/aromatic N) is 1. The summed E-state index contributed by atoms with van der Waals surface area (Å²) in [5.74, 6) is 1.44. The summed E-state index contributed by atoms with van der Waals surface area (Å²) < 4.78 is 0. The van der Waals surface area contributed by atoms with Crippen molar-refractivity contribution in [2.45, 2.75) is 113 Å². The molecule has 0 aliphatic carbocycles. The van der Waals surface area contributed by atoms with Gasteiger partial charge in [0.25, 0.3) is 0 Å². The fraction of sp³-hybridized carbons (Fsp3) is 0.576. The van der Waals surface area contributed by atoms with Gasteiger partial charge in [-0.05, 0) is 87.6 Å². The number of pyridine rings is 1. The van der Waals surface area contributed by atoms with Crippen LogP contribution in [0.5, 0.6) is 0 Å². The highest BCUT2D eigenvalue weighted by molar-refractivity contribution is 5.78. The Bertz CT molecular complexity index is 780. The summed E-state index contributed by atoms with van der Waals surface area (Å²) in [5, 5.41) is 0. The number of aromatic nitrogens is 1. The molecule has 0 bridgehead atoms. The van der Waals surface area contributed by atoms with Gasteiger partial charge in [0.2, 0.25) is 0 Å². The first-order valence-corrected chi connectivity index (χ1v) is 14.0. The van der Waals surface area contributed by atoms with E-state index < -0.39 is 0 Å². The van der Waals surface area contributed by atoms with Gasteiger partial charge >= 0.3 is 0 Å². The molecule has 0 unspecified atom stereocenters. The lowest BCUT2D eigenvalue weighted by Gasteiger charge is -2.20. The molecule has 35 heavy (non-hydrogen) atoms. The predicted octanol–water partition coefficient (Wildman–Crippen LogP) is 10.1. The third-order valence-corrected chi connectivity index (χ3v) is 6.42. The standard InChI is InChI=1S/C17H26.C9H18O.C7H9N/c1-5-8-15(9-6-2)17(7-3)16-12-10-14(4)11-13-16;1-4-6-9(7-5-2)8(3)10;1-2-7-3-5-8-6-4-7/h7,10-13,15H,5-6,8-9H2,1-4H3;9H,4-7H2,1-3H3;3-6H,2H2,1H3/b17-7+;;. The first-order valence-electron chi connectivity index (χ1n) is 14.0. The zero-order valence-electron chi connectivity index (χ0n) is 24.1. The second-order valence-electron chi connectivity index (χ2n) is 9.48. The van der Waals surface area contributed by atoms with Gasteiger partial charge in [-0.2, -0.15) is 0 Å². The minimum absolute atomic E-state index is 0.343. The fourth-order valence-corrected chi connectivity index (χ4v) is 4.40. The quantitative estimate of drug-likeness (QED) is 0.303. The van der Waals surface area contributed by atoms with Gasteiger partial charge in [-0.3, -0.25) is 9.78 Å². The van der Waals surface area contributed by atoms with Crippen LogP contribution in [0.2, 0.25) is 0 Å². The third-order valence-electron chi connectivity index (χ3n) is 6.42. The van der Waals surface area contributed by atoms with Crippen molar-refractivity contribution in [1.82, 2.24) is 4.98 Å². The van der Waals surface area contributed by atoms with Gasteiger partial charge in [-0.1, -0.05) is 96.2 Å². The van der Waals surface area contributed by atoms with Gasteiger partial charge in [-0.15, -0.1) is 0 Å². The lowest BCUT2D eigenvalue weighted by Crippen LogP contribution is -2.09. The van der Waals surface area contributed by atoms with Crippen molar-refractivity contribution >= 4 is 11.4 Å². The van der Waals surface area contributed by atoms with E-state index >= 15 is 0 Å². The summed E-state index contributed by atoms with van der Waals surface area (Å²) >= 11 is 0. The van der Waals surface area contributed by atoms with E-state index in [0.717, 1.165) is 38.0 Å². The molecule has 0 N–H and O–H groups in total. The molecule has 0 amide bonds. The van der Waals surface area contributed by atoms with Crippen LogP contribution in [0.15, 0.2) is 54.9 Å². The van der Waals surface area contributed by atoms with Crippen LogP contribution in [0.3, 0.4) is 0 Å². The van der Waals surface area contributed by atoms with Crippen LogP contribution in [0.4, 0.5) is 0 Å². The minimum Gasteiger partial charge on any atom is -0.300 e. The summed E-state index contributed by atoms with van der Waals surface area (Å²) in [5.41, 5.74) is 5.63. The smallest absolute Gasteiger partial charge is 0.132 e. The van der Waals surface area contributed by atoms with Gasteiger partial charge < -0.3 is 0 Å². The molecule has 1 heterocycles. The minimum atomic E-state index is 0.343. The number of benzene rings is 1. The fourth-order valence-electron chi connectivity index (χ4n) is 4.40. The maximum Gasteiger partial charge on any atom is 0.132 e. The largest absolute Gasteiger partial charge is 0.300 e. The Balaban J connectivity index is 0.000000544.